The normalized spacial score (nSPS) is 14.0. The molecule has 1 aliphatic heterocycles. The average Bonchev–Trinajstić information content (AvgIpc) is 2.78. The van der Waals surface area contributed by atoms with Gasteiger partial charge in [0.15, 0.2) is 0 Å². The molecule has 8 heteroatoms. The molecule has 4 amide bonds. The molecular weight excluding hydrogens is 406 g/mol. The van der Waals surface area contributed by atoms with Gasteiger partial charge in [0.05, 0.1) is 13.1 Å². The Morgan fingerprint density at radius 2 is 1.69 bits per heavy atom. The molecule has 0 bridgehead atoms. The first-order chi connectivity index (χ1) is 15.4. The van der Waals surface area contributed by atoms with Crippen LogP contribution in [0.4, 0.5) is 16.2 Å². The summed E-state index contributed by atoms with van der Waals surface area (Å²) in [7, 11) is 0. The van der Waals surface area contributed by atoms with E-state index in [0.717, 1.165) is 23.2 Å². The molecule has 0 aliphatic carbocycles. The zero-order valence-corrected chi connectivity index (χ0v) is 18.7. The van der Waals surface area contributed by atoms with Crippen LogP contribution in [0.3, 0.4) is 0 Å². The summed E-state index contributed by atoms with van der Waals surface area (Å²) in [5.41, 5.74) is 3.68. The second kappa shape index (κ2) is 11.3. The molecule has 1 heterocycles. The molecular formula is C24H31N5O3. The molecule has 0 saturated carbocycles. The van der Waals surface area contributed by atoms with Crippen molar-refractivity contribution in [3.05, 3.63) is 59.7 Å². The lowest BCUT2D eigenvalue weighted by Gasteiger charge is -2.34. The highest BCUT2D eigenvalue weighted by molar-refractivity contribution is 5.93. The largest absolute Gasteiger partial charge is 0.339 e. The lowest BCUT2D eigenvalue weighted by Crippen LogP contribution is -2.52. The van der Waals surface area contributed by atoms with Crippen LogP contribution in [-0.2, 0) is 16.0 Å². The number of carbonyl (C=O) groups excluding carboxylic acids is 3. The van der Waals surface area contributed by atoms with Crippen molar-refractivity contribution in [3.63, 3.8) is 0 Å². The Morgan fingerprint density at radius 3 is 2.41 bits per heavy atom. The van der Waals surface area contributed by atoms with Gasteiger partial charge < -0.3 is 20.9 Å². The van der Waals surface area contributed by atoms with Crippen LogP contribution in [0.25, 0.3) is 0 Å². The SMILES string of the molecule is CCc1ccccc1NC(=O)CN1CCN(C(=O)CNC(=O)Nc2cccc(C)c2)CC1. The van der Waals surface area contributed by atoms with Gasteiger partial charge in [0.25, 0.3) is 0 Å². The van der Waals surface area contributed by atoms with Crippen LogP contribution in [0, 0.1) is 6.92 Å². The van der Waals surface area contributed by atoms with Crippen molar-refractivity contribution in [2.75, 3.05) is 49.9 Å². The van der Waals surface area contributed by atoms with Gasteiger partial charge in [-0.2, -0.15) is 0 Å². The van der Waals surface area contributed by atoms with Crippen molar-refractivity contribution in [2.24, 2.45) is 0 Å². The van der Waals surface area contributed by atoms with Gasteiger partial charge in [-0.3, -0.25) is 14.5 Å². The number of rotatable bonds is 7. The summed E-state index contributed by atoms with van der Waals surface area (Å²) in [5.74, 6) is -0.189. The third kappa shape index (κ3) is 6.81. The Labute approximate surface area is 189 Å². The van der Waals surface area contributed by atoms with Gasteiger partial charge in [-0.1, -0.05) is 37.3 Å². The van der Waals surface area contributed by atoms with Crippen molar-refractivity contribution < 1.29 is 14.4 Å². The Kier molecular flexibility index (Phi) is 8.21. The number of hydrogen-bond donors (Lipinski definition) is 3. The number of hydrogen-bond acceptors (Lipinski definition) is 4. The van der Waals surface area contributed by atoms with Gasteiger partial charge in [0, 0.05) is 37.6 Å². The average molecular weight is 438 g/mol. The fraction of sp³-hybridized carbons (Fsp3) is 0.375. The number of carbonyl (C=O) groups is 3. The fourth-order valence-electron chi connectivity index (χ4n) is 3.66. The molecule has 0 radical (unpaired) electrons. The number of amides is 4. The molecule has 0 spiro atoms. The number of aryl methyl sites for hydroxylation is 2. The molecule has 32 heavy (non-hydrogen) atoms. The Morgan fingerprint density at radius 1 is 0.938 bits per heavy atom. The van der Waals surface area contributed by atoms with Gasteiger partial charge in [0.1, 0.15) is 0 Å². The predicted molar refractivity (Wildman–Crippen MR) is 126 cm³/mol. The van der Waals surface area contributed by atoms with Crippen molar-refractivity contribution in [2.45, 2.75) is 20.3 Å². The third-order valence-electron chi connectivity index (χ3n) is 5.44. The molecule has 3 N–H and O–H groups in total. The van der Waals surface area contributed by atoms with Gasteiger partial charge in [-0.05, 0) is 42.7 Å². The van der Waals surface area contributed by atoms with Crippen LogP contribution in [0.1, 0.15) is 18.1 Å². The Balaban J connectivity index is 1.37. The highest BCUT2D eigenvalue weighted by Gasteiger charge is 2.22. The van der Waals surface area contributed by atoms with Crippen molar-refractivity contribution >= 4 is 29.2 Å². The molecule has 1 saturated heterocycles. The summed E-state index contributed by atoms with van der Waals surface area (Å²) in [5, 5.41) is 8.32. The topological polar surface area (TPSA) is 93.8 Å². The number of nitrogens with one attached hydrogen (secondary N) is 3. The van der Waals surface area contributed by atoms with Crippen LogP contribution in [0.2, 0.25) is 0 Å². The van der Waals surface area contributed by atoms with Crippen molar-refractivity contribution in [1.82, 2.24) is 15.1 Å². The van der Waals surface area contributed by atoms with E-state index in [4.69, 9.17) is 0 Å². The highest BCUT2D eigenvalue weighted by Crippen LogP contribution is 2.15. The van der Waals surface area contributed by atoms with Crippen molar-refractivity contribution in [3.8, 4) is 0 Å². The van der Waals surface area contributed by atoms with Crippen LogP contribution < -0.4 is 16.0 Å². The zero-order valence-electron chi connectivity index (χ0n) is 18.7. The number of benzene rings is 2. The monoisotopic (exact) mass is 437 g/mol. The third-order valence-corrected chi connectivity index (χ3v) is 5.44. The summed E-state index contributed by atoms with van der Waals surface area (Å²) in [6, 6.07) is 14.8. The molecule has 0 aromatic heterocycles. The quantitative estimate of drug-likeness (QED) is 0.620. The van der Waals surface area contributed by atoms with Gasteiger partial charge in [0.2, 0.25) is 11.8 Å². The number of anilines is 2. The van der Waals surface area contributed by atoms with E-state index in [1.165, 1.54) is 0 Å². The molecule has 1 fully saturated rings. The molecule has 0 atom stereocenters. The standard InChI is InChI=1S/C24H31N5O3/c1-3-19-8-4-5-10-21(19)27-22(30)17-28-11-13-29(14-12-28)23(31)16-25-24(32)26-20-9-6-7-18(2)15-20/h4-10,15H,3,11-14,16-17H2,1-2H3,(H,27,30)(H2,25,26,32). The van der Waals surface area contributed by atoms with E-state index >= 15 is 0 Å². The predicted octanol–water partition coefficient (Wildman–Crippen LogP) is 2.46. The van der Waals surface area contributed by atoms with E-state index in [0.29, 0.717) is 31.9 Å². The van der Waals surface area contributed by atoms with Crippen LogP contribution in [-0.4, -0.2) is 66.9 Å². The highest BCUT2D eigenvalue weighted by atomic mass is 16.2. The maximum absolute atomic E-state index is 12.4. The fourth-order valence-corrected chi connectivity index (χ4v) is 3.66. The van der Waals surface area contributed by atoms with Crippen LogP contribution in [0.5, 0.6) is 0 Å². The Bertz CT molecular complexity index is 954. The molecule has 8 nitrogen and oxygen atoms in total. The molecule has 170 valence electrons. The minimum atomic E-state index is -0.411. The zero-order chi connectivity index (χ0) is 22.9. The van der Waals surface area contributed by atoms with Gasteiger partial charge >= 0.3 is 6.03 Å². The van der Waals surface area contributed by atoms with Crippen LogP contribution in [0.15, 0.2) is 48.5 Å². The van der Waals surface area contributed by atoms with Gasteiger partial charge in [-0.15, -0.1) is 0 Å². The summed E-state index contributed by atoms with van der Waals surface area (Å²) >= 11 is 0. The summed E-state index contributed by atoms with van der Waals surface area (Å²) in [6.45, 7) is 6.51. The van der Waals surface area contributed by atoms with E-state index in [1.807, 2.05) is 54.3 Å². The number of urea groups is 1. The lowest BCUT2D eigenvalue weighted by atomic mass is 10.1. The smallest absolute Gasteiger partial charge is 0.319 e. The van der Waals surface area contributed by atoms with E-state index in [1.54, 1.807) is 11.0 Å². The minimum absolute atomic E-state index is 0.0554. The molecule has 2 aromatic carbocycles. The number of nitrogens with zero attached hydrogens (tertiary/aromatic N) is 2. The lowest BCUT2D eigenvalue weighted by molar-refractivity contribution is -0.132. The maximum Gasteiger partial charge on any atom is 0.319 e. The molecule has 3 rings (SSSR count). The Hall–Kier alpha value is -3.39. The second-order valence-corrected chi connectivity index (χ2v) is 7.89. The van der Waals surface area contributed by atoms with Crippen LogP contribution >= 0.6 is 0 Å². The van der Waals surface area contributed by atoms with E-state index in [2.05, 4.69) is 22.9 Å². The van der Waals surface area contributed by atoms with Crippen molar-refractivity contribution in [1.29, 1.82) is 0 Å². The number of piperazine rings is 1. The first kappa shape index (κ1) is 23.3. The maximum atomic E-state index is 12.4. The second-order valence-electron chi connectivity index (χ2n) is 7.89. The number of para-hydroxylation sites is 1. The van der Waals surface area contributed by atoms with E-state index in [9.17, 15) is 14.4 Å². The van der Waals surface area contributed by atoms with E-state index < -0.39 is 6.03 Å². The summed E-state index contributed by atoms with van der Waals surface area (Å²) in [6.07, 6.45) is 0.855. The first-order valence-electron chi connectivity index (χ1n) is 10.9. The molecule has 0 unspecified atom stereocenters. The summed E-state index contributed by atoms with van der Waals surface area (Å²) < 4.78 is 0. The molecule has 1 aliphatic rings. The minimum Gasteiger partial charge on any atom is -0.339 e. The first-order valence-corrected chi connectivity index (χ1v) is 10.9. The molecule has 2 aromatic rings. The van der Waals surface area contributed by atoms with Gasteiger partial charge in [-0.25, -0.2) is 4.79 Å². The van der Waals surface area contributed by atoms with E-state index in [-0.39, 0.29) is 24.9 Å². The summed E-state index contributed by atoms with van der Waals surface area (Å²) in [4.78, 5) is 40.6.